The first-order valence-corrected chi connectivity index (χ1v) is 8.32. The second kappa shape index (κ2) is 10.6. The molecule has 0 heterocycles. The van der Waals surface area contributed by atoms with Crippen molar-refractivity contribution >= 4 is 27.5 Å². The van der Waals surface area contributed by atoms with Crippen LogP contribution >= 0.6 is 27.5 Å². The van der Waals surface area contributed by atoms with Gasteiger partial charge >= 0.3 is 0 Å². The van der Waals surface area contributed by atoms with Gasteiger partial charge in [0, 0.05) is 23.7 Å². The summed E-state index contributed by atoms with van der Waals surface area (Å²) in [5.74, 6) is 0. The fraction of sp³-hybridized carbons (Fsp3) is 0.625. The minimum Gasteiger partial charge on any atom is -0.382 e. The molecule has 0 radical (unpaired) electrons. The maximum absolute atomic E-state index is 6.33. The molecule has 1 aromatic rings. The van der Waals surface area contributed by atoms with Crippen molar-refractivity contribution in [2.75, 3.05) is 27.4 Å². The average molecular weight is 396 g/mol. The molecule has 0 aliphatic rings. The summed E-state index contributed by atoms with van der Waals surface area (Å²) in [6, 6.07) is 3.88. The minimum atomic E-state index is 0.0257. The van der Waals surface area contributed by atoms with Crippen LogP contribution in [0.4, 0.5) is 0 Å². The smallest absolute Gasteiger partial charge is 0.0784 e. The van der Waals surface area contributed by atoms with E-state index in [4.69, 9.17) is 30.5 Å². The van der Waals surface area contributed by atoms with E-state index in [2.05, 4.69) is 15.9 Å². The van der Waals surface area contributed by atoms with Gasteiger partial charge in [-0.15, -0.1) is 0 Å². The number of ether oxygens (including phenoxy) is 4. The first kappa shape index (κ1) is 19.9. The van der Waals surface area contributed by atoms with Crippen LogP contribution in [0.2, 0.25) is 5.02 Å². The molecule has 0 aromatic heterocycles. The fourth-order valence-corrected chi connectivity index (χ4v) is 2.63. The highest BCUT2D eigenvalue weighted by molar-refractivity contribution is 9.10. The van der Waals surface area contributed by atoms with E-state index in [-0.39, 0.29) is 12.2 Å². The van der Waals surface area contributed by atoms with Crippen molar-refractivity contribution in [1.82, 2.24) is 0 Å². The topological polar surface area (TPSA) is 36.9 Å². The number of methoxy groups -OCH3 is 2. The third-order valence-corrected chi connectivity index (χ3v) is 4.15. The van der Waals surface area contributed by atoms with E-state index in [1.54, 1.807) is 14.2 Å². The average Bonchev–Trinajstić information content (AvgIpc) is 2.47. The van der Waals surface area contributed by atoms with Gasteiger partial charge in [-0.3, -0.25) is 0 Å². The lowest BCUT2D eigenvalue weighted by molar-refractivity contribution is -0.00130. The van der Waals surface area contributed by atoms with Gasteiger partial charge in [-0.05, 0) is 37.1 Å². The Morgan fingerprint density at radius 1 is 0.955 bits per heavy atom. The normalized spacial score (nSPS) is 14.1. The quantitative estimate of drug-likeness (QED) is 0.595. The van der Waals surface area contributed by atoms with Crippen molar-refractivity contribution in [1.29, 1.82) is 0 Å². The van der Waals surface area contributed by atoms with Crippen molar-refractivity contribution in [3.05, 3.63) is 32.8 Å². The van der Waals surface area contributed by atoms with Gasteiger partial charge in [0.05, 0.1) is 38.6 Å². The largest absolute Gasteiger partial charge is 0.382 e. The number of halogens is 2. The van der Waals surface area contributed by atoms with Gasteiger partial charge in [0.15, 0.2) is 0 Å². The zero-order valence-corrected chi connectivity index (χ0v) is 15.9. The second-order valence-corrected chi connectivity index (χ2v) is 6.45. The highest BCUT2D eigenvalue weighted by atomic mass is 79.9. The van der Waals surface area contributed by atoms with Gasteiger partial charge in [-0.25, -0.2) is 0 Å². The first-order chi connectivity index (χ1) is 10.5. The molecule has 0 fully saturated rings. The van der Waals surface area contributed by atoms with E-state index in [0.29, 0.717) is 31.5 Å². The maximum Gasteiger partial charge on any atom is 0.0784 e. The molecule has 2 atom stereocenters. The Labute approximate surface area is 146 Å². The Bertz CT molecular complexity index is 414. The molecule has 1 aromatic carbocycles. The van der Waals surface area contributed by atoms with Crippen LogP contribution in [-0.2, 0) is 32.2 Å². The van der Waals surface area contributed by atoms with Crippen molar-refractivity contribution < 1.29 is 18.9 Å². The number of rotatable bonds is 10. The third-order valence-electron chi connectivity index (χ3n) is 3.06. The predicted molar refractivity (Wildman–Crippen MR) is 91.4 cm³/mol. The first-order valence-electron chi connectivity index (χ1n) is 7.15. The SMILES string of the molecule is COCC(C)OCc1cc(Br)c(COC(C)COC)cc1Cl. The lowest BCUT2D eigenvalue weighted by Crippen LogP contribution is -2.15. The predicted octanol–water partition coefficient (Wildman–Crippen LogP) is 4.21. The molecule has 4 nitrogen and oxygen atoms in total. The number of hydrogen-bond acceptors (Lipinski definition) is 4. The fourth-order valence-electron chi connectivity index (χ4n) is 1.88. The van der Waals surface area contributed by atoms with Gasteiger partial charge in [0.2, 0.25) is 0 Å². The van der Waals surface area contributed by atoms with E-state index < -0.39 is 0 Å². The van der Waals surface area contributed by atoms with E-state index in [1.807, 2.05) is 26.0 Å². The molecule has 0 amide bonds. The molecule has 22 heavy (non-hydrogen) atoms. The van der Waals surface area contributed by atoms with Crippen LogP contribution in [0.3, 0.4) is 0 Å². The van der Waals surface area contributed by atoms with Gasteiger partial charge < -0.3 is 18.9 Å². The van der Waals surface area contributed by atoms with Crippen LogP contribution in [0.15, 0.2) is 16.6 Å². The van der Waals surface area contributed by atoms with Crippen molar-refractivity contribution in [2.45, 2.75) is 39.3 Å². The second-order valence-electron chi connectivity index (χ2n) is 5.19. The summed E-state index contributed by atoms with van der Waals surface area (Å²) in [6.45, 7) is 5.98. The maximum atomic E-state index is 6.33. The summed E-state index contributed by atoms with van der Waals surface area (Å²) in [7, 11) is 3.31. The van der Waals surface area contributed by atoms with Gasteiger partial charge in [-0.2, -0.15) is 0 Å². The number of hydrogen-bond donors (Lipinski definition) is 0. The van der Waals surface area contributed by atoms with E-state index in [0.717, 1.165) is 15.6 Å². The molecule has 126 valence electrons. The van der Waals surface area contributed by atoms with E-state index >= 15 is 0 Å². The lowest BCUT2D eigenvalue weighted by Gasteiger charge is -2.16. The summed E-state index contributed by atoms with van der Waals surface area (Å²) in [5, 5.41) is 0.672. The molecule has 1 rings (SSSR count). The molecule has 0 saturated heterocycles. The van der Waals surface area contributed by atoms with Gasteiger partial charge in [0.1, 0.15) is 0 Å². The summed E-state index contributed by atoms with van der Waals surface area (Å²) in [4.78, 5) is 0. The zero-order chi connectivity index (χ0) is 16.5. The highest BCUT2D eigenvalue weighted by Crippen LogP contribution is 2.27. The van der Waals surface area contributed by atoms with E-state index in [9.17, 15) is 0 Å². The summed E-state index contributed by atoms with van der Waals surface area (Å²) in [6.07, 6.45) is 0.0614. The van der Waals surface area contributed by atoms with Crippen LogP contribution < -0.4 is 0 Å². The van der Waals surface area contributed by atoms with Crippen LogP contribution in [-0.4, -0.2) is 39.6 Å². The van der Waals surface area contributed by atoms with Crippen LogP contribution in [0.25, 0.3) is 0 Å². The molecule has 0 N–H and O–H groups in total. The third kappa shape index (κ3) is 6.94. The molecular formula is C16H24BrClO4. The molecule has 0 saturated carbocycles. The number of benzene rings is 1. The Kier molecular flexibility index (Phi) is 9.55. The Hall–Kier alpha value is -0.170. The standard InChI is InChI=1S/C16H24BrClO4/c1-11(7-19-3)21-9-13-6-16(18)14(5-15(13)17)10-22-12(2)8-20-4/h5-6,11-12H,7-10H2,1-4H3. The van der Waals surface area contributed by atoms with Gasteiger partial charge in [-0.1, -0.05) is 27.5 Å². The summed E-state index contributed by atoms with van der Waals surface area (Å²) >= 11 is 9.88. The Morgan fingerprint density at radius 3 is 1.95 bits per heavy atom. The monoisotopic (exact) mass is 394 g/mol. The highest BCUT2D eigenvalue weighted by Gasteiger charge is 2.11. The Balaban J connectivity index is 2.63. The molecule has 0 aliphatic heterocycles. The van der Waals surface area contributed by atoms with E-state index in [1.165, 1.54) is 0 Å². The Morgan fingerprint density at radius 2 is 1.45 bits per heavy atom. The molecule has 0 bridgehead atoms. The van der Waals surface area contributed by atoms with Crippen molar-refractivity contribution in [2.24, 2.45) is 0 Å². The summed E-state index contributed by atoms with van der Waals surface area (Å²) in [5.41, 5.74) is 1.94. The molecular weight excluding hydrogens is 372 g/mol. The molecule has 0 spiro atoms. The van der Waals surface area contributed by atoms with Crippen LogP contribution in [0.5, 0.6) is 0 Å². The van der Waals surface area contributed by atoms with Crippen molar-refractivity contribution in [3.63, 3.8) is 0 Å². The summed E-state index contributed by atoms with van der Waals surface area (Å²) < 4.78 is 22.5. The van der Waals surface area contributed by atoms with Gasteiger partial charge in [0.25, 0.3) is 0 Å². The molecule has 6 heteroatoms. The van der Waals surface area contributed by atoms with Crippen molar-refractivity contribution in [3.8, 4) is 0 Å². The molecule has 2 unspecified atom stereocenters. The zero-order valence-electron chi connectivity index (χ0n) is 13.5. The van der Waals surface area contributed by atoms with Crippen LogP contribution in [0.1, 0.15) is 25.0 Å². The van der Waals surface area contributed by atoms with Crippen LogP contribution in [0, 0.1) is 0 Å². The molecule has 0 aliphatic carbocycles. The minimum absolute atomic E-state index is 0.0257. The lowest BCUT2D eigenvalue weighted by atomic mass is 10.1.